The molecule has 0 aliphatic carbocycles. The molecule has 2 N–H and O–H groups in total. The fraction of sp³-hybridized carbons (Fsp3) is 0.500. The maximum atomic E-state index is 5.71. The van der Waals surface area contributed by atoms with Gasteiger partial charge in [0.2, 0.25) is 5.89 Å². The summed E-state index contributed by atoms with van der Waals surface area (Å²) in [7, 11) is 0. The molecule has 1 unspecified atom stereocenters. The van der Waals surface area contributed by atoms with E-state index in [0.29, 0.717) is 17.7 Å². The van der Waals surface area contributed by atoms with Gasteiger partial charge in [-0.15, -0.1) is 21.5 Å². The molecule has 0 saturated carbocycles. The number of likely N-dealkylation sites (tertiary alicyclic amines) is 1. The molecule has 3 heterocycles. The third-order valence-corrected chi connectivity index (χ3v) is 4.92. The van der Waals surface area contributed by atoms with Crippen molar-refractivity contribution in [3.63, 3.8) is 0 Å². The van der Waals surface area contributed by atoms with Crippen LogP contribution < -0.4 is 5.73 Å². The lowest BCUT2D eigenvalue weighted by Crippen LogP contribution is -2.22. The second-order valence-corrected chi connectivity index (χ2v) is 7.19. The number of hydrogen-bond acceptors (Lipinski definition) is 6. The number of rotatable bonds is 4. The first kappa shape index (κ1) is 13.2. The molecular formula is C12H15BrN4OS. The summed E-state index contributed by atoms with van der Waals surface area (Å²) < 4.78 is 6.77. The molecule has 3 rings (SSSR count). The van der Waals surface area contributed by atoms with Crippen molar-refractivity contribution < 1.29 is 4.42 Å². The summed E-state index contributed by atoms with van der Waals surface area (Å²) in [5, 5.41) is 8.22. The molecule has 0 aromatic carbocycles. The molecule has 7 heteroatoms. The van der Waals surface area contributed by atoms with Crippen LogP contribution in [-0.4, -0.2) is 34.7 Å². The highest BCUT2D eigenvalue weighted by atomic mass is 79.9. The number of halogens is 1. The van der Waals surface area contributed by atoms with Gasteiger partial charge in [0, 0.05) is 6.54 Å². The van der Waals surface area contributed by atoms with Crippen LogP contribution in [0.2, 0.25) is 0 Å². The van der Waals surface area contributed by atoms with Crippen LogP contribution in [0.15, 0.2) is 20.3 Å². The van der Waals surface area contributed by atoms with Gasteiger partial charge in [-0.3, -0.25) is 4.90 Å². The largest absolute Gasteiger partial charge is 0.419 e. The van der Waals surface area contributed by atoms with Gasteiger partial charge in [0.05, 0.1) is 15.2 Å². The fourth-order valence-corrected chi connectivity index (χ4v) is 3.59. The Labute approximate surface area is 123 Å². The van der Waals surface area contributed by atoms with Crippen molar-refractivity contribution in [2.24, 2.45) is 11.7 Å². The van der Waals surface area contributed by atoms with Crippen molar-refractivity contribution in [3.8, 4) is 10.8 Å². The van der Waals surface area contributed by atoms with Crippen LogP contribution in [0.3, 0.4) is 0 Å². The van der Waals surface area contributed by atoms with Gasteiger partial charge in [0.15, 0.2) is 0 Å². The predicted molar refractivity (Wildman–Crippen MR) is 77.7 cm³/mol. The summed E-state index contributed by atoms with van der Waals surface area (Å²) in [6.07, 6.45) is 1.16. The van der Waals surface area contributed by atoms with E-state index in [4.69, 9.17) is 10.2 Å². The van der Waals surface area contributed by atoms with Gasteiger partial charge in [-0.1, -0.05) is 0 Å². The molecule has 1 aliphatic rings. The molecule has 1 atom stereocenters. The predicted octanol–water partition coefficient (Wildman–Crippen LogP) is 2.34. The highest BCUT2D eigenvalue weighted by Gasteiger charge is 2.23. The lowest BCUT2D eigenvalue weighted by molar-refractivity contribution is 0.282. The Morgan fingerprint density at radius 2 is 2.37 bits per heavy atom. The molecular weight excluding hydrogens is 328 g/mol. The molecule has 102 valence electrons. The standard InChI is InChI=1S/C12H15BrN4OS/c13-10-2-1-9(19-10)12-16-15-11(18-12)7-17-4-3-8(5-14)6-17/h1-2,8H,3-7,14H2. The maximum Gasteiger partial charge on any atom is 0.257 e. The highest BCUT2D eigenvalue weighted by molar-refractivity contribution is 9.11. The summed E-state index contributed by atoms with van der Waals surface area (Å²) in [4.78, 5) is 3.31. The SMILES string of the molecule is NCC1CCN(Cc2nnc(-c3ccc(Br)s3)o2)C1. The molecule has 0 amide bonds. The number of nitrogens with zero attached hydrogens (tertiary/aromatic N) is 3. The molecule has 1 aliphatic heterocycles. The fourth-order valence-electron chi connectivity index (χ4n) is 2.29. The van der Waals surface area contributed by atoms with E-state index in [1.165, 1.54) is 0 Å². The third-order valence-electron chi connectivity index (χ3n) is 3.31. The summed E-state index contributed by atoms with van der Waals surface area (Å²) in [6, 6.07) is 3.96. The average Bonchev–Trinajstić information content (AvgIpc) is 3.10. The first-order valence-electron chi connectivity index (χ1n) is 6.25. The van der Waals surface area contributed by atoms with E-state index in [1.54, 1.807) is 11.3 Å². The van der Waals surface area contributed by atoms with Gasteiger partial charge < -0.3 is 10.2 Å². The molecule has 19 heavy (non-hydrogen) atoms. The zero-order chi connectivity index (χ0) is 13.2. The van der Waals surface area contributed by atoms with E-state index < -0.39 is 0 Å². The Morgan fingerprint density at radius 3 is 3.05 bits per heavy atom. The molecule has 5 nitrogen and oxygen atoms in total. The van der Waals surface area contributed by atoms with Crippen molar-refractivity contribution in [2.75, 3.05) is 19.6 Å². The van der Waals surface area contributed by atoms with Gasteiger partial charge in [0.1, 0.15) is 0 Å². The van der Waals surface area contributed by atoms with E-state index in [0.717, 1.165) is 41.3 Å². The van der Waals surface area contributed by atoms with E-state index in [-0.39, 0.29) is 0 Å². The number of aromatic nitrogens is 2. The zero-order valence-corrected chi connectivity index (χ0v) is 12.8. The lowest BCUT2D eigenvalue weighted by Gasteiger charge is -2.12. The Balaban J connectivity index is 1.65. The van der Waals surface area contributed by atoms with Crippen LogP contribution in [0.1, 0.15) is 12.3 Å². The number of hydrogen-bond donors (Lipinski definition) is 1. The van der Waals surface area contributed by atoms with Gasteiger partial charge in [-0.05, 0) is 53.5 Å². The monoisotopic (exact) mass is 342 g/mol. The average molecular weight is 343 g/mol. The minimum Gasteiger partial charge on any atom is -0.419 e. The van der Waals surface area contributed by atoms with E-state index >= 15 is 0 Å². The molecule has 0 radical (unpaired) electrons. The van der Waals surface area contributed by atoms with Gasteiger partial charge in [-0.2, -0.15) is 0 Å². The van der Waals surface area contributed by atoms with Crippen LogP contribution in [0, 0.1) is 5.92 Å². The molecule has 2 aromatic rings. The van der Waals surface area contributed by atoms with Crippen LogP contribution in [0.4, 0.5) is 0 Å². The van der Waals surface area contributed by atoms with Gasteiger partial charge in [0.25, 0.3) is 5.89 Å². The van der Waals surface area contributed by atoms with E-state index in [9.17, 15) is 0 Å². The minimum absolute atomic E-state index is 0.597. The van der Waals surface area contributed by atoms with Gasteiger partial charge in [-0.25, -0.2) is 0 Å². The van der Waals surface area contributed by atoms with Crippen LogP contribution in [-0.2, 0) is 6.54 Å². The van der Waals surface area contributed by atoms with Crippen molar-refractivity contribution in [2.45, 2.75) is 13.0 Å². The summed E-state index contributed by atoms with van der Waals surface area (Å²) in [5.74, 6) is 1.88. The summed E-state index contributed by atoms with van der Waals surface area (Å²) in [5.41, 5.74) is 5.69. The van der Waals surface area contributed by atoms with Crippen molar-refractivity contribution in [3.05, 3.63) is 21.8 Å². The Bertz CT molecular complexity index is 555. The number of nitrogens with two attached hydrogens (primary N) is 1. The normalized spacial score (nSPS) is 20.2. The van der Waals surface area contributed by atoms with Crippen molar-refractivity contribution >= 4 is 27.3 Å². The quantitative estimate of drug-likeness (QED) is 0.923. The number of thiophene rings is 1. The van der Waals surface area contributed by atoms with Gasteiger partial charge >= 0.3 is 0 Å². The second kappa shape index (κ2) is 5.70. The van der Waals surface area contributed by atoms with E-state index in [1.807, 2.05) is 12.1 Å². The topological polar surface area (TPSA) is 68.2 Å². The minimum atomic E-state index is 0.597. The lowest BCUT2D eigenvalue weighted by atomic mass is 10.1. The molecule has 1 saturated heterocycles. The van der Waals surface area contributed by atoms with Crippen molar-refractivity contribution in [1.82, 2.24) is 15.1 Å². The molecule has 0 bridgehead atoms. The Hall–Kier alpha value is -0.760. The summed E-state index contributed by atoms with van der Waals surface area (Å²) in [6.45, 7) is 3.56. The highest BCUT2D eigenvalue weighted by Crippen LogP contribution is 2.30. The van der Waals surface area contributed by atoms with Crippen molar-refractivity contribution in [1.29, 1.82) is 0 Å². The first-order valence-corrected chi connectivity index (χ1v) is 7.86. The molecule has 1 fully saturated rings. The molecule has 2 aromatic heterocycles. The molecule has 0 spiro atoms. The van der Waals surface area contributed by atoms with Crippen LogP contribution in [0.25, 0.3) is 10.8 Å². The smallest absolute Gasteiger partial charge is 0.257 e. The Morgan fingerprint density at radius 1 is 1.47 bits per heavy atom. The first-order chi connectivity index (χ1) is 9.24. The summed E-state index contributed by atoms with van der Waals surface area (Å²) >= 11 is 5.02. The van der Waals surface area contributed by atoms with E-state index in [2.05, 4.69) is 31.0 Å². The third kappa shape index (κ3) is 3.05. The second-order valence-electron chi connectivity index (χ2n) is 4.73. The Kier molecular flexibility index (Phi) is 3.97. The zero-order valence-electron chi connectivity index (χ0n) is 10.4. The maximum absolute atomic E-state index is 5.71. The van der Waals surface area contributed by atoms with Crippen LogP contribution in [0.5, 0.6) is 0 Å². The van der Waals surface area contributed by atoms with Crippen LogP contribution >= 0.6 is 27.3 Å².